The van der Waals surface area contributed by atoms with Gasteiger partial charge in [-0.15, -0.1) is 0 Å². The number of carbonyl (C=O) groups is 1. The number of ether oxygens (including phenoxy) is 2. The maximum absolute atomic E-state index is 13.8. The van der Waals surface area contributed by atoms with Crippen LogP contribution in [-0.2, 0) is 11.4 Å². The quantitative estimate of drug-likeness (QED) is 0.286. The largest absolute Gasteiger partial charge is 0.490 e. The maximum Gasteiger partial charge on any atom is 0.266 e. The highest BCUT2D eigenvalue weighted by atomic mass is 79.9. The van der Waals surface area contributed by atoms with Gasteiger partial charge in [-0.1, -0.05) is 24.3 Å². The van der Waals surface area contributed by atoms with E-state index in [4.69, 9.17) is 9.47 Å². The van der Waals surface area contributed by atoms with Gasteiger partial charge in [0.05, 0.1) is 16.8 Å². The molecule has 3 aromatic rings. The molecule has 0 spiro atoms. The van der Waals surface area contributed by atoms with Gasteiger partial charge in [-0.25, -0.2) is 8.78 Å². The molecular formula is C25H19BrF2N2O3. The molecular weight excluding hydrogens is 494 g/mol. The van der Waals surface area contributed by atoms with E-state index in [9.17, 15) is 18.8 Å². The summed E-state index contributed by atoms with van der Waals surface area (Å²) in [5.41, 5.74) is 0.885. The molecule has 168 valence electrons. The molecule has 0 bridgehead atoms. The lowest BCUT2D eigenvalue weighted by molar-refractivity contribution is -0.112. The molecule has 1 amide bonds. The molecule has 1 N–H and O–H groups in total. The molecule has 5 nitrogen and oxygen atoms in total. The first kappa shape index (κ1) is 24.0. The molecule has 3 aromatic carbocycles. The smallest absolute Gasteiger partial charge is 0.266 e. The highest BCUT2D eigenvalue weighted by molar-refractivity contribution is 9.10. The minimum absolute atomic E-state index is 0.0269. The van der Waals surface area contributed by atoms with E-state index in [1.54, 1.807) is 37.3 Å². The van der Waals surface area contributed by atoms with Crippen LogP contribution < -0.4 is 14.8 Å². The second-order valence-corrected chi connectivity index (χ2v) is 7.64. The van der Waals surface area contributed by atoms with Gasteiger partial charge in [-0.3, -0.25) is 4.79 Å². The molecule has 0 saturated heterocycles. The van der Waals surface area contributed by atoms with Crippen molar-refractivity contribution >= 4 is 33.6 Å². The molecule has 3 rings (SSSR count). The minimum Gasteiger partial charge on any atom is -0.490 e. The fraction of sp³-hybridized carbons (Fsp3) is 0.120. The molecule has 0 heterocycles. The Labute approximate surface area is 198 Å². The zero-order valence-corrected chi connectivity index (χ0v) is 19.2. The Morgan fingerprint density at radius 2 is 1.91 bits per heavy atom. The molecule has 0 aliphatic carbocycles. The standard InChI is InChI=1S/C25H19BrF2N2O3/c1-2-32-23-13-17(10-18(14-29)25(31)30-22-9-4-3-8-21(22)28)12-20(26)24(23)33-15-16-6-5-7-19(27)11-16/h3-13H,2,15H2,1H3,(H,30,31)/b18-10-. The number of hydrogen-bond acceptors (Lipinski definition) is 4. The van der Waals surface area contributed by atoms with Crippen LogP contribution in [0.25, 0.3) is 6.08 Å². The summed E-state index contributed by atoms with van der Waals surface area (Å²) < 4.78 is 39.3. The van der Waals surface area contributed by atoms with Crippen LogP contribution in [0.1, 0.15) is 18.1 Å². The molecule has 0 unspecified atom stereocenters. The Morgan fingerprint density at radius 3 is 2.61 bits per heavy atom. The summed E-state index contributed by atoms with van der Waals surface area (Å²) >= 11 is 3.43. The van der Waals surface area contributed by atoms with Crippen molar-refractivity contribution in [2.75, 3.05) is 11.9 Å². The number of halogens is 3. The Balaban J connectivity index is 1.86. The first-order valence-electron chi connectivity index (χ1n) is 9.92. The summed E-state index contributed by atoms with van der Waals surface area (Å²) in [5, 5.41) is 11.9. The van der Waals surface area contributed by atoms with Crippen LogP contribution in [0.15, 0.2) is 70.7 Å². The average Bonchev–Trinajstić information content (AvgIpc) is 2.78. The molecule has 0 aliphatic rings. The van der Waals surface area contributed by atoms with Gasteiger partial charge >= 0.3 is 0 Å². The first-order valence-corrected chi connectivity index (χ1v) is 10.7. The van der Waals surface area contributed by atoms with E-state index in [0.717, 1.165) is 0 Å². The maximum atomic E-state index is 13.8. The number of nitriles is 1. The van der Waals surface area contributed by atoms with Crippen molar-refractivity contribution < 1.29 is 23.0 Å². The van der Waals surface area contributed by atoms with Crippen LogP contribution >= 0.6 is 15.9 Å². The van der Waals surface area contributed by atoms with Gasteiger partial charge in [0.25, 0.3) is 5.91 Å². The second kappa shape index (κ2) is 11.2. The van der Waals surface area contributed by atoms with Gasteiger partial charge in [0, 0.05) is 0 Å². The summed E-state index contributed by atoms with van der Waals surface area (Å²) in [6.45, 7) is 2.25. The van der Waals surface area contributed by atoms with Crippen LogP contribution in [0.4, 0.5) is 14.5 Å². The van der Waals surface area contributed by atoms with E-state index in [-0.39, 0.29) is 23.7 Å². The number of hydrogen-bond donors (Lipinski definition) is 1. The van der Waals surface area contributed by atoms with Crippen LogP contribution in [0, 0.1) is 23.0 Å². The van der Waals surface area contributed by atoms with E-state index in [2.05, 4.69) is 21.2 Å². The van der Waals surface area contributed by atoms with Crippen molar-refractivity contribution in [2.24, 2.45) is 0 Å². The summed E-state index contributed by atoms with van der Waals surface area (Å²) in [4.78, 5) is 12.5. The molecule has 0 atom stereocenters. The molecule has 0 aliphatic heterocycles. The number of benzene rings is 3. The van der Waals surface area contributed by atoms with Crippen molar-refractivity contribution in [3.8, 4) is 17.6 Å². The highest BCUT2D eigenvalue weighted by Gasteiger charge is 2.15. The molecule has 0 radical (unpaired) electrons. The fourth-order valence-electron chi connectivity index (χ4n) is 2.92. The summed E-state index contributed by atoms with van der Waals surface area (Å²) in [7, 11) is 0. The Morgan fingerprint density at radius 1 is 1.12 bits per heavy atom. The van der Waals surface area contributed by atoms with Gasteiger partial charge in [-0.2, -0.15) is 5.26 Å². The SMILES string of the molecule is CCOc1cc(/C=C(/C#N)C(=O)Nc2ccccc2F)cc(Br)c1OCc1cccc(F)c1. The number of carbonyl (C=O) groups excluding carboxylic acids is 1. The number of anilines is 1. The van der Waals surface area contributed by atoms with Crippen molar-refractivity contribution in [1.82, 2.24) is 0 Å². The van der Waals surface area contributed by atoms with Gasteiger partial charge in [-0.05, 0) is 76.5 Å². The number of nitrogens with one attached hydrogen (secondary N) is 1. The third kappa shape index (κ3) is 6.40. The molecule has 0 saturated carbocycles. The third-order valence-electron chi connectivity index (χ3n) is 4.40. The van der Waals surface area contributed by atoms with E-state index in [1.807, 2.05) is 6.07 Å². The van der Waals surface area contributed by atoms with E-state index in [0.29, 0.717) is 33.7 Å². The van der Waals surface area contributed by atoms with Crippen LogP contribution in [0.2, 0.25) is 0 Å². The molecule has 33 heavy (non-hydrogen) atoms. The lowest BCUT2D eigenvalue weighted by Gasteiger charge is -2.15. The van der Waals surface area contributed by atoms with Crippen molar-refractivity contribution in [3.63, 3.8) is 0 Å². The van der Waals surface area contributed by atoms with E-state index < -0.39 is 11.7 Å². The van der Waals surface area contributed by atoms with E-state index in [1.165, 1.54) is 36.4 Å². The van der Waals surface area contributed by atoms with E-state index >= 15 is 0 Å². The van der Waals surface area contributed by atoms with Gasteiger partial charge in [0.1, 0.15) is 29.9 Å². The number of amides is 1. The molecule has 0 fully saturated rings. The molecule has 0 aromatic heterocycles. The Kier molecular flexibility index (Phi) is 8.17. The predicted molar refractivity (Wildman–Crippen MR) is 125 cm³/mol. The minimum atomic E-state index is -0.747. The van der Waals surface area contributed by atoms with Gasteiger partial charge in [0.2, 0.25) is 0 Å². The summed E-state index contributed by atoms with van der Waals surface area (Å²) in [5.74, 6) is -0.945. The monoisotopic (exact) mass is 512 g/mol. The lowest BCUT2D eigenvalue weighted by atomic mass is 10.1. The normalized spacial score (nSPS) is 10.9. The van der Waals surface area contributed by atoms with Crippen molar-refractivity contribution in [3.05, 3.63) is 93.5 Å². The fourth-order valence-corrected chi connectivity index (χ4v) is 3.50. The molecule has 8 heteroatoms. The Bertz CT molecular complexity index is 1240. The second-order valence-electron chi connectivity index (χ2n) is 6.79. The zero-order chi connectivity index (χ0) is 23.8. The van der Waals surface area contributed by atoms with Crippen molar-refractivity contribution in [2.45, 2.75) is 13.5 Å². The van der Waals surface area contributed by atoms with Gasteiger partial charge < -0.3 is 14.8 Å². The van der Waals surface area contributed by atoms with Gasteiger partial charge in [0.15, 0.2) is 11.5 Å². The lowest BCUT2D eigenvalue weighted by Crippen LogP contribution is -2.14. The predicted octanol–water partition coefficient (Wildman–Crippen LogP) is 6.25. The third-order valence-corrected chi connectivity index (χ3v) is 4.99. The highest BCUT2D eigenvalue weighted by Crippen LogP contribution is 2.38. The first-order chi connectivity index (χ1) is 15.9. The van der Waals surface area contributed by atoms with Crippen LogP contribution in [0.3, 0.4) is 0 Å². The van der Waals surface area contributed by atoms with Crippen molar-refractivity contribution in [1.29, 1.82) is 5.26 Å². The van der Waals surface area contributed by atoms with Crippen LogP contribution in [-0.4, -0.2) is 12.5 Å². The Hall–Kier alpha value is -3.70. The van der Waals surface area contributed by atoms with Crippen LogP contribution in [0.5, 0.6) is 11.5 Å². The topological polar surface area (TPSA) is 71.3 Å². The number of rotatable bonds is 8. The summed E-state index contributed by atoms with van der Waals surface area (Å²) in [6, 6.07) is 16.8. The zero-order valence-electron chi connectivity index (χ0n) is 17.6. The number of para-hydroxylation sites is 1. The summed E-state index contributed by atoms with van der Waals surface area (Å²) in [6.07, 6.45) is 1.36. The average molecular weight is 513 g/mol. The number of nitrogens with zero attached hydrogens (tertiary/aromatic N) is 1.